The van der Waals surface area contributed by atoms with Gasteiger partial charge in [0.1, 0.15) is 0 Å². The average molecular weight is 310 g/mol. The van der Waals surface area contributed by atoms with Crippen molar-refractivity contribution in [3.05, 3.63) is 34.3 Å². The molecule has 1 aromatic carbocycles. The highest BCUT2D eigenvalue weighted by atomic mass is 79.9. The molecule has 1 saturated carbocycles. The van der Waals surface area contributed by atoms with E-state index in [2.05, 4.69) is 54.0 Å². The first-order chi connectivity index (χ1) is 8.55. The number of rotatable bonds is 5. The van der Waals surface area contributed by atoms with Crippen LogP contribution in [0.15, 0.2) is 28.7 Å². The van der Waals surface area contributed by atoms with E-state index in [0.717, 1.165) is 17.3 Å². The van der Waals surface area contributed by atoms with Gasteiger partial charge in [0, 0.05) is 10.0 Å². The van der Waals surface area contributed by atoms with Crippen molar-refractivity contribution >= 4 is 15.9 Å². The highest BCUT2D eigenvalue weighted by Gasteiger charge is 2.52. The van der Waals surface area contributed by atoms with Crippen LogP contribution in [0.1, 0.15) is 57.9 Å². The van der Waals surface area contributed by atoms with Crippen LogP contribution in [0.2, 0.25) is 0 Å². The zero-order chi connectivity index (χ0) is 13.2. The second kappa shape index (κ2) is 5.34. The second-order valence-electron chi connectivity index (χ2n) is 5.99. The highest BCUT2D eigenvalue weighted by molar-refractivity contribution is 9.10. The first-order valence-corrected chi connectivity index (χ1v) is 7.88. The maximum absolute atomic E-state index is 6.63. The maximum Gasteiger partial charge on any atom is 0.0431 e. The lowest BCUT2D eigenvalue weighted by Crippen LogP contribution is -2.55. The van der Waals surface area contributed by atoms with E-state index >= 15 is 0 Å². The summed E-state index contributed by atoms with van der Waals surface area (Å²) in [5.41, 5.74) is 8.32. The van der Waals surface area contributed by atoms with E-state index in [1.807, 2.05) is 0 Å². The predicted molar refractivity (Wildman–Crippen MR) is 81.5 cm³/mol. The Kier molecular flexibility index (Phi) is 4.18. The van der Waals surface area contributed by atoms with Crippen LogP contribution in [-0.4, -0.2) is 0 Å². The molecule has 0 bridgehead atoms. The van der Waals surface area contributed by atoms with Gasteiger partial charge < -0.3 is 5.73 Å². The predicted octanol–water partition coefficient (Wildman–Crippen LogP) is 4.98. The molecule has 0 atom stereocenters. The van der Waals surface area contributed by atoms with E-state index in [9.17, 15) is 0 Å². The van der Waals surface area contributed by atoms with Crippen LogP contribution < -0.4 is 5.73 Å². The van der Waals surface area contributed by atoms with E-state index in [1.165, 1.54) is 31.2 Å². The third-order valence-corrected chi connectivity index (χ3v) is 5.04. The molecule has 2 N–H and O–H groups in total. The molecule has 0 radical (unpaired) electrons. The highest BCUT2D eigenvalue weighted by Crippen LogP contribution is 2.58. The Morgan fingerprint density at radius 2 is 1.67 bits per heavy atom. The Balaban J connectivity index is 2.16. The van der Waals surface area contributed by atoms with Gasteiger partial charge >= 0.3 is 0 Å². The Hall–Kier alpha value is -0.340. The number of benzene rings is 1. The fourth-order valence-electron chi connectivity index (χ4n) is 3.88. The van der Waals surface area contributed by atoms with E-state index in [1.54, 1.807) is 0 Å². The summed E-state index contributed by atoms with van der Waals surface area (Å²) in [6.07, 6.45) is 7.47. The van der Waals surface area contributed by atoms with Crippen molar-refractivity contribution in [2.75, 3.05) is 0 Å². The van der Waals surface area contributed by atoms with Crippen LogP contribution >= 0.6 is 15.9 Å². The third kappa shape index (κ3) is 2.50. The largest absolute Gasteiger partial charge is 0.321 e. The molecule has 2 rings (SSSR count). The average Bonchev–Trinajstić information content (AvgIpc) is 2.28. The summed E-state index contributed by atoms with van der Waals surface area (Å²) in [4.78, 5) is 0. The van der Waals surface area contributed by atoms with Crippen molar-refractivity contribution in [2.45, 2.75) is 57.9 Å². The molecule has 1 aromatic rings. The van der Waals surface area contributed by atoms with E-state index in [0.29, 0.717) is 5.41 Å². The lowest BCUT2D eigenvalue weighted by atomic mass is 9.52. The van der Waals surface area contributed by atoms with Crippen LogP contribution in [0.3, 0.4) is 0 Å². The van der Waals surface area contributed by atoms with Crippen LogP contribution in [0, 0.1) is 5.41 Å². The molecule has 1 nitrogen and oxygen atoms in total. The minimum absolute atomic E-state index is 0.107. The van der Waals surface area contributed by atoms with Gasteiger partial charge in [-0.2, -0.15) is 0 Å². The first kappa shape index (κ1) is 14.1. The molecule has 0 aromatic heterocycles. The molecule has 1 fully saturated rings. The number of hydrogen-bond acceptors (Lipinski definition) is 1. The third-order valence-electron chi connectivity index (χ3n) is 4.35. The first-order valence-electron chi connectivity index (χ1n) is 7.09. The Labute approximate surface area is 119 Å². The molecule has 18 heavy (non-hydrogen) atoms. The lowest BCUT2D eigenvalue weighted by Gasteiger charge is -2.55. The van der Waals surface area contributed by atoms with Crippen molar-refractivity contribution in [3.8, 4) is 0 Å². The van der Waals surface area contributed by atoms with Gasteiger partial charge in [-0.05, 0) is 42.7 Å². The van der Waals surface area contributed by atoms with Crippen LogP contribution in [-0.2, 0) is 5.54 Å². The normalized spacial score (nSPS) is 20.4. The van der Waals surface area contributed by atoms with E-state index < -0.39 is 0 Å². The molecule has 0 heterocycles. The zero-order valence-corrected chi connectivity index (χ0v) is 13.1. The van der Waals surface area contributed by atoms with Crippen molar-refractivity contribution in [3.63, 3.8) is 0 Å². The van der Waals surface area contributed by atoms with Crippen LogP contribution in [0.25, 0.3) is 0 Å². The van der Waals surface area contributed by atoms with Crippen molar-refractivity contribution in [1.29, 1.82) is 0 Å². The maximum atomic E-state index is 6.63. The monoisotopic (exact) mass is 309 g/mol. The number of hydrogen-bond donors (Lipinski definition) is 1. The van der Waals surface area contributed by atoms with Gasteiger partial charge in [-0.1, -0.05) is 60.8 Å². The molecule has 0 aliphatic heterocycles. The molecule has 0 unspecified atom stereocenters. The smallest absolute Gasteiger partial charge is 0.0431 e. The van der Waals surface area contributed by atoms with Gasteiger partial charge in [0.15, 0.2) is 0 Å². The van der Waals surface area contributed by atoms with Crippen LogP contribution in [0.5, 0.6) is 0 Å². The van der Waals surface area contributed by atoms with Crippen molar-refractivity contribution < 1.29 is 0 Å². The van der Waals surface area contributed by atoms with Gasteiger partial charge in [0.25, 0.3) is 0 Å². The van der Waals surface area contributed by atoms with E-state index in [-0.39, 0.29) is 5.54 Å². The Morgan fingerprint density at radius 1 is 1.11 bits per heavy atom. The molecule has 1 aliphatic rings. The second-order valence-corrected chi connectivity index (χ2v) is 6.84. The summed E-state index contributed by atoms with van der Waals surface area (Å²) in [7, 11) is 0. The number of halogens is 1. The molecule has 100 valence electrons. The van der Waals surface area contributed by atoms with Gasteiger partial charge in [-0.3, -0.25) is 0 Å². The molecule has 0 spiro atoms. The zero-order valence-electron chi connectivity index (χ0n) is 11.5. The molecule has 0 saturated heterocycles. The molecule has 0 amide bonds. The summed E-state index contributed by atoms with van der Waals surface area (Å²) < 4.78 is 1.16. The summed E-state index contributed by atoms with van der Waals surface area (Å²) in [6, 6.07) is 8.42. The minimum Gasteiger partial charge on any atom is -0.321 e. The Morgan fingerprint density at radius 3 is 2.17 bits per heavy atom. The van der Waals surface area contributed by atoms with E-state index in [4.69, 9.17) is 5.73 Å². The summed E-state index contributed by atoms with van der Waals surface area (Å²) >= 11 is 3.64. The van der Waals surface area contributed by atoms with Crippen LogP contribution in [0.4, 0.5) is 0 Å². The fraction of sp³-hybridized carbons (Fsp3) is 0.625. The Bertz CT molecular complexity index is 399. The summed E-state index contributed by atoms with van der Waals surface area (Å²) in [5.74, 6) is 0. The topological polar surface area (TPSA) is 26.0 Å². The fourth-order valence-corrected chi connectivity index (χ4v) is 4.56. The van der Waals surface area contributed by atoms with Crippen molar-refractivity contribution in [2.24, 2.45) is 11.1 Å². The van der Waals surface area contributed by atoms with Gasteiger partial charge in [-0.15, -0.1) is 0 Å². The molecular formula is C16H24BrN. The van der Waals surface area contributed by atoms with Gasteiger partial charge in [-0.25, -0.2) is 0 Å². The molecule has 2 heteroatoms. The SMILES string of the molecule is CCCC1(CCC)CC(N)(c2ccccc2Br)C1. The quantitative estimate of drug-likeness (QED) is 0.815. The molecule has 1 aliphatic carbocycles. The number of nitrogens with two attached hydrogens (primary N) is 1. The summed E-state index contributed by atoms with van der Waals surface area (Å²) in [5, 5.41) is 0. The van der Waals surface area contributed by atoms with Gasteiger partial charge in [0.2, 0.25) is 0 Å². The lowest BCUT2D eigenvalue weighted by molar-refractivity contribution is 0.00582. The van der Waals surface area contributed by atoms with Crippen molar-refractivity contribution in [1.82, 2.24) is 0 Å². The standard InChI is InChI=1S/C16H24BrN/c1-3-9-15(10-4-2)11-16(18,12-15)13-7-5-6-8-14(13)17/h5-8H,3-4,9-12,18H2,1-2H3. The summed E-state index contributed by atoms with van der Waals surface area (Å²) in [6.45, 7) is 4.57. The minimum atomic E-state index is -0.107. The van der Waals surface area contributed by atoms with Gasteiger partial charge in [0.05, 0.1) is 0 Å². The molecular weight excluding hydrogens is 286 g/mol.